The molecule has 22 nitrogen and oxygen atoms in total. The highest BCUT2D eigenvalue weighted by atomic mass is 19.1. The molecule has 0 bridgehead atoms. The maximum absolute atomic E-state index is 13.8. The Bertz CT molecular complexity index is 5770. The van der Waals surface area contributed by atoms with Crippen molar-refractivity contribution in [2.24, 2.45) is 5.73 Å². The van der Waals surface area contributed by atoms with Gasteiger partial charge in [0.1, 0.15) is 34.4 Å². The van der Waals surface area contributed by atoms with Crippen LogP contribution in [0.1, 0.15) is 99.0 Å². The van der Waals surface area contributed by atoms with Crippen molar-refractivity contribution >= 4 is 46.6 Å². The summed E-state index contributed by atoms with van der Waals surface area (Å²) in [7, 11) is 5.99. The van der Waals surface area contributed by atoms with E-state index in [4.69, 9.17) is 35.6 Å². The van der Waals surface area contributed by atoms with E-state index >= 15 is 0 Å². The number of hydrogen-bond donors (Lipinski definition) is 6. The number of fused-ring (bicyclic) bond motifs is 3. The van der Waals surface area contributed by atoms with Crippen LogP contribution in [0.15, 0.2) is 256 Å². The third-order valence-electron chi connectivity index (χ3n) is 19.5. The van der Waals surface area contributed by atoms with E-state index in [0.29, 0.717) is 90.6 Å². The summed E-state index contributed by atoms with van der Waals surface area (Å²) in [4.78, 5) is 71.0. The molecule has 0 saturated heterocycles. The predicted molar refractivity (Wildman–Crippen MR) is 447 cm³/mol. The van der Waals surface area contributed by atoms with Gasteiger partial charge in [0.15, 0.2) is 0 Å². The molecular weight excluding hydrogens is 1450 g/mol. The van der Waals surface area contributed by atoms with Crippen molar-refractivity contribution in [2.45, 2.75) is 91.3 Å². The van der Waals surface area contributed by atoms with E-state index in [9.17, 15) is 22.8 Å². The van der Waals surface area contributed by atoms with E-state index in [0.717, 1.165) is 85.2 Å². The van der Waals surface area contributed by atoms with Crippen LogP contribution >= 0.6 is 0 Å². The highest BCUT2D eigenvalue weighted by Gasteiger charge is 2.24. The number of halogens is 3. The molecule has 0 fully saturated rings. The van der Waals surface area contributed by atoms with Gasteiger partial charge in [0, 0.05) is 105 Å². The Kier molecular flexibility index (Phi) is 25.9. The van der Waals surface area contributed by atoms with Gasteiger partial charge in [-0.3, -0.25) is 27.7 Å². The molecular formula is C90H91F3N20O2. The highest BCUT2D eigenvalue weighted by Crippen LogP contribution is 2.37. The first-order valence-electron chi connectivity index (χ1n) is 38.1. The standard InChI is InChI=1S/C31H32FN7O.C30H31FN6.C29H28FN7O/c1-21(23-7-5-4-6-8-23)35-31-33-16-13-26(36-31)30-29(24-9-11-25(32)12-10-24)37-27-19-22(14-18-39(27)30)20-34-28(40)15-17-38(2)3;1-20(2)36(4)19-22-15-17-37-27(18-22)35-28(24-10-12-25(31)13-11-24)29(37)26-14-16-32-30(34-26)33-21(3)23-8-6-5-7-9-23;1-19(21-5-3-2-4-6-21)34-29-32-15-12-24(35-29)28-27(22-7-9-23(30)10-8-22)36-25-17-20(13-16-37(25)28)18-33-26(38)11-14-31/h4-14,16,18-19,21H,15,17,20H2,1-3H3,(H,34,40)(H,33,35,36);5-18,20-21H,19H2,1-4H3,(H,32,33,34);2-10,12-13,15-17,19H,11,14,18,31H2,1H3,(H,33,38)(H,32,34,35)/t2*21-;19-/m000/s1. The molecule has 7 N–H and O–H groups in total. The fourth-order valence-corrected chi connectivity index (χ4v) is 13.0. The summed E-state index contributed by atoms with van der Waals surface area (Å²) in [6, 6.07) is 67.3. The average molecular weight is 1540 g/mol. The zero-order chi connectivity index (χ0) is 80.5. The minimum absolute atomic E-state index is 0.00208. The smallest absolute Gasteiger partial charge is 0.223 e. The number of amides is 2. The maximum atomic E-state index is 13.8. The quantitative estimate of drug-likeness (QED) is 0.0280. The van der Waals surface area contributed by atoms with E-state index in [1.165, 1.54) is 42.0 Å². The van der Waals surface area contributed by atoms with Crippen molar-refractivity contribution in [3.63, 3.8) is 0 Å². The second-order valence-corrected chi connectivity index (χ2v) is 28.5. The fourth-order valence-electron chi connectivity index (χ4n) is 13.0. The Morgan fingerprint density at radius 3 is 1.05 bits per heavy atom. The highest BCUT2D eigenvalue weighted by molar-refractivity contribution is 5.84. The Labute approximate surface area is 665 Å². The Balaban J connectivity index is 0.000000150. The number of nitrogens with two attached hydrogens (primary N) is 1. The van der Waals surface area contributed by atoms with E-state index < -0.39 is 0 Å². The Hall–Kier alpha value is -13.4. The molecule has 0 radical (unpaired) electrons. The molecule has 0 aliphatic heterocycles. The van der Waals surface area contributed by atoms with Crippen LogP contribution in [0, 0.1) is 17.5 Å². The van der Waals surface area contributed by atoms with Crippen LogP contribution in [0.5, 0.6) is 0 Å². The van der Waals surface area contributed by atoms with Crippen molar-refractivity contribution in [3.8, 4) is 67.9 Å². The van der Waals surface area contributed by atoms with Gasteiger partial charge in [-0.25, -0.2) is 58.0 Å². The lowest BCUT2D eigenvalue weighted by Crippen LogP contribution is -2.26. The van der Waals surface area contributed by atoms with Crippen molar-refractivity contribution in [1.82, 2.24) is 78.5 Å². The number of carbonyl (C=O) groups excluding carboxylic acids is 2. The predicted octanol–water partition coefficient (Wildman–Crippen LogP) is 16.7. The number of rotatable bonds is 27. The van der Waals surface area contributed by atoms with Gasteiger partial charge in [0.2, 0.25) is 29.7 Å². The van der Waals surface area contributed by atoms with Crippen molar-refractivity contribution in [1.29, 1.82) is 0 Å². The zero-order valence-corrected chi connectivity index (χ0v) is 65.3. The number of pyridine rings is 3. The van der Waals surface area contributed by atoms with Gasteiger partial charge in [-0.1, -0.05) is 91.0 Å². The van der Waals surface area contributed by atoms with Gasteiger partial charge < -0.3 is 37.2 Å². The largest absolute Gasteiger partial charge is 0.352 e. The van der Waals surface area contributed by atoms with Crippen molar-refractivity contribution in [3.05, 3.63) is 306 Å². The molecule has 9 aromatic heterocycles. The number of imidazole rings is 3. The first-order chi connectivity index (χ1) is 55.8. The molecule has 6 aromatic carbocycles. The zero-order valence-electron chi connectivity index (χ0n) is 65.3. The van der Waals surface area contributed by atoms with Crippen molar-refractivity contribution in [2.75, 3.05) is 50.2 Å². The number of aromatic nitrogens is 12. The Morgan fingerprint density at radius 1 is 0.409 bits per heavy atom. The molecule has 0 saturated carbocycles. The van der Waals surface area contributed by atoms with Crippen LogP contribution in [0.25, 0.3) is 84.9 Å². The monoisotopic (exact) mass is 1540 g/mol. The van der Waals surface area contributed by atoms with E-state index in [-0.39, 0.29) is 53.8 Å². The minimum Gasteiger partial charge on any atom is -0.352 e. The SMILES string of the molecule is CC(C)N(C)Cc1ccn2c(-c3ccnc(N[C@@H](C)c4ccccc4)n3)c(-c3ccc(F)cc3)nc2c1.C[C@H](Nc1nccc(-c2c(-c3ccc(F)cc3)nc3cc(CNC(=O)CCN(C)C)ccn23)n1)c1ccccc1.C[C@H](Nc1nccc(-c2c(-c3ccc(F)cc3)nc3cc(CNC(=O)CCN)ccn23)n1)c1ccccc1. The van der Waals surface area contributed by atoms with Gasteiger partial charge in [-0.2, -0.15) is 0 Å². The summed E-state index contributed by atoms with van der Waals surface area (Å²) in [5.74, 6) is 0.483. The Morgan fingerprint density at radius 2 is 0.730 bits per heavy atom. The summed E-state index contributed by atoms with van der Waals surface area (Å²) in [5, 5.41) is 16.0. The third-order valence-corrected chi connectivity index (χ3v) is 19.5. The molecule has 25 heteroatoms. The average Bonchev–Trinajstić information content (AvgIpc) is 1.63. The molecule has 2 amide bonds. The normalized spacial score (nSPS) is 12.1. The molecule has 15 aromatic rings. The molecule has 9 heterocycles. The van der Waals surface area contributed by atoms with Crippen LogP contribution in [-0.4, -0.2) is 120 Å². The molecule has 15 rings (SSSR count). The van der Waals surface area contributed by atoms with Gasteiger partial charge in [-0.15, -0.1) is 0 Å². The molecule has 584 valence electrons. The first-order valence-corrected chi connectivity index (χ1v) is 38.1. The second-order valence-electron chi connectivity index (χ2n) is 28.5. The summed E-state index contributed by atoms with van der Waals surface area (Å²) in [6.07, 6.45) is 11.7. The van der Waals surface area contributed by atoms with Crippen LogP contribution < -0.4 is 32.3 Å². The lowest BCUT2D eigenvalue weighted by Gasteiger charge is -2.20. The number of anilines is 3. The maximum Gasteiger partial charge on any atom is 0.223 e. The van der Waals surface area contributed by atoms with E-state index in [1.54, 1.807) is 55.0 Å². The summed E-state index contributed by atoms with van der Waals surface area (Å²) < 4.78 is 47.1. The second kappa shape index (κ2) is 37.3. The summed E-state index contributed by atoms with van der Waals surface area (Å²) >= 11 is 0. The third kappa shape index (κ3) is 20.3. The number of benzene rings is 6. The number of nitrogens with one attached hydrogen (secondary N) is 5. The van der Waals surface area contributed by atoms with Crippen LogP contribution in [0.2, 0.25) is 0 Å². The van der Waals surface area contributed by atoms with Crippen LogP contribution in [0.4, 0.5) is 31.0 Å². The lowest BCUT2D eigenvalue weighted by atomic mass is 10.1. The van der Waals surface area contributed by atoms with Gasteiger partial charge in [0.05, 0.1) is 69.4 Å². The minimum atomic E-state index is -0.321. The van der Waals surface area contributed by atoms with Gasteiger partial charge in [0.25, 0.3) is 0 Å². The molecule has 0 aliphatic carbocycles. The van der Waals surface area contributed by atoms with E-state index in [2.05, 4.69) is 137 Å². The molecule has 0 unspecified atom stereocenters. The number of hydrogen-bond acceptors (Lipinski definition) is 17. The van der Waals surface area contributed by atoms with Crippen LogP contribution in [-0.2, 0) is 29.2 Å². The first kappa shape index (κ1) is 79.7. The lowest BCUT2D eigenvalue weighted by molar-refractivity contribution is -0.122. The van der Waals surface area contributed by atoms with Gasteiger partial charge >= 0.3 is 0 Å². The molecule has 115 heavy (non-hydrogen) atoms. The molecule has 0 aliphatic rings. The number of carbonyl (C=O) groups is 2. The summed E-state index contributed by atoms with van der Waals surface area (Å²) in [5.41, 5.74) is 22.9. The van der Waals surface area contributed by atoms with Crippen molar-refractivity contribution < 1.29 is 22.8 Å². The topological polar surface area (TPSA) is 256 Å². The van der Waals surface area contributed by atoms with Gasteiger partial charge in [-0.05, 0) is 217 Å². The van der Waals surface area contributed by atoms with Crippen LogP contribution in [0.3, 0.4) is 0 Å². The van der Waals surface area contributed by atoms with E-state index in [1.807, 2.05) is 148 Å². The fraction of sp³-hybridized carbons (Fsp3) is 0.211. The summed E-state index contributed by atoms with van der Waals surface area (Å²) in [6.45, 7) is 13.1. The number of nitrogens with zero attached hydrogens (tertiary/aromatic N) is 14. The molecule has 3 atom stereocenters. The molecule has 0 spiro atoms.